The number of hydrogen-bond donors (Lipinski definition) is 0. The highest BCUT2D eigenvalue weighted by Crippen LogP contribution is 2.30. The summed E-state index contributed by atoms with van der Waals surface area (Å²) in [7, 11) is 0. The van der Waals surface area contributed by atoms with E-state index in [2.05, 4.69) is 6.07 Å². The molecular formula is C18H18ClNO2. The molecule has 0 N–H and O–H groups in total. The molecular weight excluding hydrogens is 298 g/mol. The van der Waals surface area contributed by atoms with Gasteiger partial charge in [0.2, 0.25) is 0 Å². The number of halogens is 1. The molecule has 0 fully saturated rings. The molecule has 0 radical (unpaired) electrons. The topological polar surface area (TPSA) is 29.5 Å². The van der Waals surface area contributed by atoms with E-state index >= 15 is 0 Å². The third kappa shape index (κ3) is 3.09. The Labute approximate surface area is 135 Å². The van der Waals surface area contributed by atoms with Crippen LogP contribution in [0.4, 0.5) is 5.69 Å². The molecule has 0 aliphatic carbocycles. The Morgan fingerprint density at radius 2 is 2.00 bits per heavy atom. The average molecular weight is 316 g/mol. The lowest BCUT2D eigenvalue weighted by Gasteiger charge is -2.31. The maximum absolute atomic E-state index is 12.5. The first-order valence-corrected chi connectivity index (χ1v) is 7.80. The molecule has 0 bridgehead atoms. The maximum Gasteiger partial charge on any atom is 0.264 e. The maximum atomic E-state index is 12.5. The summed E-state index contributed by atoms with van der Waals surface area (Å²) in [5.41, 5.74) is 3.43. The minimum atomic E-state index is -0.00907. The van der Waals surface area contributed by atoms with E-state index in [0.717, 1.165) is 30.6 Å². The van der Waals surface area contributed by atoms with Gasteiger partial charge in [-0.2, -0.15) is 0 Å². The fourth-order valence-electron chi connectivity index (χ4n) is 2.85. The van der Waals surface area contributed by atoms with Crippen LogP contribution >= 0.6 is 11.6 Å². The predicted octanol–water partition coefficient (Wildman–Crippen LogP) is 4.01. The Bertz CT molecular complexity index is 682. The van der Waals surface area contributed by atoms with Gasteiger partial charge in [-0.15, -0.1) is 0 Å². The number of aryl methyl sites for hydroxylation is 2. The van der Waals surface area contributed by atoms with E-state index in [-0.39, 0.29) is 12.5 Å². The monoisotopic (exact) mass is 315 g/mol. The quantitative estimate of drug-likeness (QED) is 0.856. The van der Waals surface area contributed by atoms with Gasteiger partial charge in [-0.25, -0.2) is 0 Å². The Balaban J connectivity index is 1.72. The van der Waals surface area contributed by atoms with Crippen molar-refractivity contribution in [2.24, 2.45) is 0 Å². The van der Waals surface area contributed by atoms with E-state index in [9.17, 15) is 4.79 Å². The van der Waals surface area contributed by atoms with Gasteiger partial charge in [-0.05, 0) is 55.2 Å². The molecule has 0 unspecified atom stereocenters. The van der Waals surface area contributed by atoms with Crippen LogP contribution in [-0.4, -0.2) is 19.1 Å². The number of benzene rings is 2. The Kier molecular flexibility index (Phi) is 4.34. The summed E-state index contributed by atoms with van der Waals surface area (Å²) < 4.78 is 5.58. The van der Waals surface area contributed by atoms with Crippen LogP contribution in [0.1, 0.15) is 17.5 Å². The second-order valence-electron chi connectivity index (χ2n) is 5.47. The third-order valence-corrected chi connectivity index (χ3v) is 4.15. The first-order valence-electron chi connectivity index (χ1n) is 7.42. The number of carbonyl (C=O) groups is 1. The van der Waals surface area contributed by atoms with Gasteiger partial charge in [0, 0.05) is 17.3 Å². The number of hydrogen-bond acceptors (Lipinski definition) is 2. The molecule has 0 atom stereocenters. The van der Waals surface area contributed by atoms with Crippen LogP contribution in [0.15, 0.2) is 42.5 Å². The largest absolute Gasteiger partial charge is 0.484 e. The van der Waals surface area contributed by atoms with Gasteiger partial charge in [0.15, 0.2) is 6.61 Å². The van der Waals surface area contributed by atoms with Gasteiger partial charge >= 0.3 is 0 Å². The zero-order valence-corrected chi connectivity index (χ0v) is 13.3. The molecule has 4 heteroatoms. The van der Waals surface area contributed by atoms with Crippen molar-refractivity contribution in [2.45, 2.75) is 19.8 Å². The fourth-order valence-corrected chi connectivity index (χ4v) is 2.98. The summed E-state index contributed by atoms with van der Waals surface area (Å²) in [6, 6.07) is 13.2. The van der Waals surface area contributed by atoms with Crippen molar-refractivity contribution in [1.29, 1.82) is 0 Å². The van der Waals surface area contributed by atoms with Gasteiger partial charge in [0.05, 0.1) is 0 Å². The summed E-state index contributed by atoms with van der Waals surface area (Å²) in [6.45, 7) is 2.83. The lowest BCUT2D eigenvalue weighted by atomic mass is 9.98. The Morgan fingerprint density at radius 3 is 2.77 bits per heavy atom. The lowest BCUT2D eigenvalue weighted by Crippen LogP contribution is -2.39. The number of nitrogens with zero attached hydrogens (tertiary/aromatic N) is 1. The van der Waals surface area contributed by atoms with Crippen molar-refractivity contribution < 1.29 is 9.53 Å². The van der Waals surface area contributed by atoms with E-state index in [4.69, 9.17) is 16.3 Å². The van der Waals surface area contributed by atoms with Gasteiger partial charge in [-0.3, -0.25) is 4.79 Å². The lowest BCUT2D eigenvalue weighted by molar-refractivity contribution is -0.120. The molecule has 2 aromatic carbocycles. The van der Waals surface area contributed by atoms with Crippen LogP contribution in [-0.2, 0) is 11.2 Å². The van der Waals surface area contributed by atoms with Gasteiger partial charge in [-0.1, -0.05) is 29.8 Å². The standard InChI is InChI=1S/C18H18ClNO2/c1-13-4-2-5-14-6-3-11-20(18(13)14)17(21)12-22-16-9-7-15(19)8-10-16/h2,4-5,7-10H,3,6,11-12H2,1H3. The SMILES string of the molecule is Cc1cccc2c1N(C(=O)COc1ccc(Cl)cc1)CCC2. The summed E-state index contributed by atoms with van der Waals surface area (Å²) in [4.78, 5) is 14.4. The van der Waals surface area contributed by atoms with Crippen LogP contribution in [0.5, 0.6) is 5.75 Å². The van der Waals surface area contributed by atoms with E-state index < -0.39 is 0 Å². The van der Waals surface area contributed by atoms with Crippen molar-refractivity contribution in [3.8, 4) is 5.75 Å². The molecule has 1 aliphatic rings. The van der Waals surface area contributed by atoms with Crippen molar-refractivity contribution in [2.75, 3.05) is 18.1 Å². The number of carbonyl (C=O) groups excluding carboxylic acids is 1. The zero-order chi connectivity index (χ0) is 15.5. The number of ether oxygens (including phenoxy) is 1. The van der Waals surface area contributed by atoms with Gasteiger partial charge < -0.3 is 9.64 Å². The molecule has 1 amide bonds. The molecule has 22 heavy (non-hydrogen) atoms. The molecule has 1 aliphatic heterocycles. The second kappa shape index (κ2) is 6.41. The van der Waals surface area contributed by atoms with Crippen molar-refractivity contribution in [3.63, 3.8) is 0 Å². The third-order valence-electron chi connectivity index (χ3n) is 3.90. The Hall–Kier alpha value is -2.00. The highest BCUT2D eigenvalue weighted by Gasteiger charge is 2.24. The first-order chi connectivity index (χ1) is 10.6. The molecule has 0 saturated carbocycles. The van der Waals surface area contributed by atoms with Crippen LogP contribution < -0.4 is 9.64 Å². The molecule has 1 heterocycles. The van der Waals surface area contributed by atoms with Crippen LogP contribution in [0, 0.1) is 6.92 Å². The van der Waals surface area contributed by atoms with Crippen LogP contribution in [0.25, 0.3) is 0 Å². The van der Waals surface area contributed by atoms with Crippen molar-refractivity contribution in [1.82, 2.24) is 0 Å². The molecule has 114 valence electrons. The van der Waals surface area contributed by atoms with Crippen molar-refractivity contribution >= 4 is 23.2 Å². The fraction of sp³-hybridized carbons (Fsp3) is 0.278. The number of para-hydroxylation sites is 1. The molecule has 2 aromatic rings. The number of fused-ring (bicyclic) bond motifs is 1. The van der Waals surface area contributed by atoms with E-state index in [0.29, 0.717) is 10.8 Å². The minimum Gasteiger partial charge on any atom is -0.484 e. The van der Waals surface area contributed by atoms with Gasteiger partial charge in [0.1, 0.15) is 5.75 Å². The highest BCUT2D eigenvalue weighted by molar-refractivity contribution is 6.30. The van der Waals surface area contributed by atoms with E-state index in [1.807, 2.05) is 24.0 Å². The Morgan fingerprint density at radius 1 is 1.23 bits per heavy atom. The molecule has 0 saturated heterocycles. The summed E-state index contributed by atoms with van der Waals surface area (Å²) in [5.74, 6) is 0.643. The first kappa shape index (κ1) is 14.9. The minimum absolute atomic E-state index is 0.00907. The van der Waals surface area contributed by atoms with E-state index in [1.54, 1.807) is 24.3 Å². The number of rotatable bonds is 3. The highest BCUT2D eigenvalue weighted by atomic mass is 35.5. The summed E-state index contributed by atoms with van der Waals surface area (Å²) in [5, 5.41) is 0.652. The van der Waals surface area contributed by atoms with Crippen LogP contribution in [0.2, 0.25) is 5.02 Å². The molecule has 0 spiro atoms. The van der Waals surface area contributed by atoms with Gasteiger partial charge in [0.25, 0.3) is 5.91 Å². The average Bonchev–Trinajstić information content (AvgIpc) is 2.54. The molecule has 3 rings (SSSR count). The zero-order valence-electron chi connectivity index (χ0n) is 12.5. The molecule has 0 aromatic heterocycles. The summed E-state index contributed by atoms with van der Waals surface area (Å²) in [6.07, 6.45) is 2.02. The van der Waals surface area contributed by atoms with Crippen LogP contribution in [0.3, 0.4) is 0 Å². The predicted molar refractivity (Wildman–Crippen MR) is 88.8 cm³/mol. The van der Waals surface area contributed by atoms with E-state index in [1.165, 1.54) is 5.56 Å². The van der Waals surface area contributed by atoms with Crippen molar-refractivity contribution in [3.05, 3.63) is 58.6 Å². The summed E-state index contributed by atoms with van der Waals surface area (Å²) >= 11 is 5.84. The second-order valence-corrected chi connectivity index (χ2v) is 5.91. The normalized spacial score (nSPS) is 13.6. The number of amides is 1. The number of anilines is 1. The smallest absolute Gasteiger partial charge is 0.264 e. The molecule has 3 nitrogen and oxygen atoms in total.